The molecule has 0 unspecified atom stereocenters. The monoisotopic (exact) mass is 426 g/mol. The number of hydrogen-bond acceptors (Lipinski definition) is 6. The predicted octanol–water partition coefficient (Wildman–Crippen LogP) is 4.45. The molecule has 0 amide bonds. The van der Waals surface area contributed by atoms with Gasteiger partial charge in [-0.15, -0.1) is 0 Å². The Bertz CT molecular complexity index is 892. The third-order valence-corrected chi connectivity index (χ3v) is 5.84. The van der Waals surface area contributed by atoms with Crippen LogP contribution in [0.4, 0.5) is 0 Å². The van der Waals surface area contributed by atoms with Crippen molar-refractivity contribution in [1.29, 1.82) is 5.26 Å². The van der Waals surface area contributed by atoms with Crippen LogP contribution in [0.3, 0.4) is 0 Å². The van der Waals surface area contributed by atoms with Gasteiger partial charge in [-0.1, -0.05) is 26.0 Å². The van der Waals surface area contributed by atoms with Crippen LogP contribution in [0.15, 0.2) is 36.4 Å². The average Bonchev–Trinajstić information content (AvgIpc) is 2.78. The highest BCUT2D eigenvalue weighted by atomic mass is 16.5. The molecule has 31 heavy (non-hydrogen) atoms. The van der Waals surface area contributed by atoms with Crippen LogP contribution in [0.25, 0.3) is 0 Å². The molecule has 0 saturated carbocycles. The van der Waals surface area contributed by atoms with E-state index >= 15 is 0 Å². The molecule has 2 aromatic carbocycles. The molecule has 0 radical (unpaired) electrons. The van der Waals surface area contributed by atoms with Crippen molar-refractivity contribution in [3.05, 3.63) is 47.5 Å². The minimum atomic E-state index is -0.633. The van der Waals surface area contributed by atoms with E-state index in [0.29, 0.717) is 5.75 Å². The largest absolute Gasteiger partial charge is 0.504 e. The Morgan fingerprint density at radius 1 is 0.968 bits per heavy atom. The van der Waals surface area contributed by atoms with Gasteiger partial charge < -0.3 is 24.6 Å². The summed E-state index contributed by atoms with van der Waals surface area (Å²) in [6, 6.07) is 13.7. The standard InChI is InChI=1S/C25H34N2O4/c1-18(2)25(17-26,20-8-9-21(28)23(16-20)30-4)12-6-13-27-14-11-19-7-10-22(29-3)24(15-19)31-5/h7-10,15-16,18,27-28H,6,11-14H2,1-5H3/t25-/m1/s1. The molecular weight excluding hydrogens is 392 g/mol. The van der Waals surface area contributed by atoms with Crippen LogP contribution in [-0.4, -0.2) is 39.5 Å². The van der Waals surface area contributed by atoms with Crippen molar-refractivity contribution in [2.24, 2.45) is 5.92 Å². The van der Waals surface area contributed by atoms with Gasteiger partial charge in [0.1, 0.15) is 0 Å². The maximum atomic E-state index is 10.1. The number of ether oxygens (including phenoxy) is 3. The summed E-state index contributed by atoms with van der Waals surface area (Å²) in [6.07, 6.45) is 2.46. The van der Waals surface area contributed by atoms with Crippen LogP contribution in [0, 0.1) is 17.2 Å². The van der Waals surface area contributed by atoms with Gasteiger partial charge in [0.15, 0.2) is 23.0 Å². The molecule has 0 saturated heterocycles. The molecule has 0 bridgehead atoms. The van der Waals surface area contributed by atoms with Crippen molar-refractivity contribution in [1.82, 2.24) is 5.32 Å². The van der Waals surface area contributed by atoms with Crippen molar-refractivity contribution in [2.75, 3.05) is 34.4 Å². The molecule has 0 spiro atoms. The van der Waals surface area contributed by atoms with Gasteiger partial charge in [-0.25, -0.2) is 0 Å². The number of aromatic hydroxyl groups is 1. The first-order valence-electron chi connectivity index (χ1n) is 10.6. The van der Waals surface area contributed by atoms with Crippen LogP contribution in [0.5, 0.6) is 23.0 Å². The molecule has 2 N–H and O–H groups in total. The average molecular weight is 427 g/mol. The molecular formula is C25H34N2O4. The van der Waals surface area contributed by atoms with Gasteiger partial charge in [-0.3, -0.25) is 0 Å². The molecule has 168 valence electrons. The maximum Gasteiger partial charge on any atom is 0.160 e. The summed E-state index contributed by atoms with van der Waals surface area (Å²) in [5.41, 5.74) is 1.42. The molecule has 6 nitrogen and oxygen atoms in total. The number of benzene rings is 2. The zero-order chi connectivity index (χ0) is 22.9. The normalized spacial score (nSPS) is 12.8. The summed E-state index contributed by atoms with van der Waals surface area (Å²) in [5.74, 6) is 2.06. The number of methoxy groups -OCH3 is 3. The fourth-order valence-corrected chi connectivity index (χ4v) is 3.86. The molecule has 2 rings (SSSR count). The van der Waals surface area contributed by atoms with E-state index in [-0.39, 0.29) is 11.7 Å². The number of hydrogen-bond donors (Lipinski definition) is 2. The summed E-state index contributed by atoms with van der Waals surface area (Å²) < 4.78 is 15.9. The Hall–Kier alpha value is -2.91. The molecule has 0 aliphatic carbocycles. The lowest BCUT2D eigenvalue weighted by Crippen LogP contribution is -2.32. The summed E-state index contributed by atoms with van der Waals surface area (Å²) >= 11 is 0. The molecule has 0 aliphatic rings. The summed E-state index contributed by atoms with van der Waals surface area (Å²) in [4.78, 5) is 0. The molecule has 2 aromatic rings. The van der Waals surface area contributed by atoms with Gasteiger partial charge in [-0.2, -0.15) is 5.26 Å². The van der Waals surface area contributed by atoms with Gasteiger partial charge in [0.2, 0.25) is 0 Å². The maximum absolute atomic E-state index is 10.1. The smallest absolute Gasteiger partial charge is 0.160 e. The number of nitrogens with zero attached hydrogens (tertiary/aromatic N) is 1. The summed E-state index contributed by atoms with van der Waals surface area (Å²) in [6.45, 7) is 5.78. The van der Waals surface area contributed by atoms with Crippen molar-refractivity contribution in [2.45, 2.75) is 38.5 Å². The SMILES string of the molecule is COc1cc([C@@](C#N)(CCCNCCc2ccc(OC)c(OC)c2)C(C)C)ccc1O. The number of nitriles is 1. The highest BCUT2D eigenvalue weighted by Crippen LogP contribution is 2.40. The predicted molar refractivity (Wildman–Crippen MR) is 122 cm³/mol. The minimum Gasteiger partial charge on any atom is -0.504 e. The molecule has 0 aliphatic heterocycles. The Morgan fingerprint density at radius 2 is 1.68 bits per heavy atom. The molecule has 0 fully saturated rings. The first-order valence-corrected chi connectivity index (χ1v) is 10.6. The van der Waals surface area contributed by atoms with Crippen LogP contribution >= 0.6 is 0 Å². The highest BCUT2D eigenvalue weighted by molar-refractivity contribution is 5.46. The van der Waals surface area contributed by atoms with E-state index in [9.17, 15) is 10.4 Å². The first-order chi connectivity index (χ1) is 14.9. The fourth-order valence-electron chi connectivity index (χ4n) is 3.86. The third-order valence-electron chi connectivity index (χ3n) is 5.84. The van der Waals surface area contributed by atoms with Crippen molar-refractivity contribution >= 4 is 0 Å². The van der Waals surface area contributed by atoms with Gasteiger partial charge in [-0.05, 0) is 73.7 Å². The fraction of sp³-hybridized carbons (Fsp3) is 0.480. The molecule has 6 heteroatoms. The summed E-state index contributed by atoms with van der Waals surface area (Å²) in [5, 5.41) is 23.5. The van der Waals surface area contributed by atoms with Crippen molar-refractivity contribution in [3.63, 3.8) is 0 Å². The quantitative estimate of drug-likeness (QED) is 0.488. The number of phenolic OH excluding ortho intramolecular Hbond substituents is 1. The zero-order valence-electron chi connectivity index (χ0n) is 19.2. The number of rotatable bonds is 12. The lowest BCUT2D eigenvalue weighted by Gasteiger charge is -2.32. The summed E-state index contributed by atoms with van der Waals surface area (Å²) in [7, 11) is 4.79. The van der Waals surface area contributed by atoms with Gasteiger partial charge in [0.25, 0.3) is 0 Å². The van der Waals surface area contributed by atoms with Crippen LogP contribution in [0.2, 0.25) is 0 Å². The van der Waals surface area contributed by atoms with E-state index in [1.165, 1.54) is 12.7 Å². The van der Waals surface area contributed by atoms with Crippen molar-refractivity contribution < 1.29 is 19.3 Å². The lowest BCUT2D eigenvalue weighted by atomic mass is 9.70. The van der Waals surface area contributed by atoms with Gasteiger partial charge >= 0.3 is 0 Å². The number of nitrogens with one attached hydrogen (secondary N) is 1. The molecule has 0 aromatic heterocycles. The van der Waals surface area contributed by atoms with Crippen LogP contribution in [0.1, 0.15) is 37.8 Å². The third kappa shape index (κ3) is 5.83. The molecule has 1 atom stereocenters. The second kappa shape index (κ2) is 11.5. The second-order valence-electron chi connectivity index (χ2n) is 7.92. The van der Waals surface area contributed by atoms with Crippen LogP contribution in [-0.2, 0) is 11.8 Å². The Morgan fingerprint density at radius 3 is 2.29 bits per heavy atom. The topological polar surface area (TPSA) is 83.7 Å². The minimum absolute atomic E-state index is 0.0821. The first kappa shape index (κ1) is 24.4. The highest BCUT2D eigenvalue weighted by Gasteiger charge is 2.36. The van der Waals surface area contributed by atoms with Crippen LogP contribution < -0.4 is 19.5 Å². The van der Waals surface area contributed by atoms with E-state index in [1.54, 1.807) is 26.4 Å². The van der Waals surface area contributed by atoms with E-state index < -0.39 is 5.41 Å². The number of phenols is 1. The van der Waals surface area contributed by atoms with E-state index in [4.69, 9.17) is 14.2 Å². The van der Waals surface area contributed by atoms with Gasteiger partial charge in [0, 0.05) is 0 Å². The van der Waals surface area contributed by atoms with E-state index in [2.05, 4.69) is 25.2 Å². The van der Waals surface area contributed by atoms with E-state index in [1.807, 2.05) is 24.3 Å². The Labute approximate surface area is 185 Å². The van der Waals surface area contributed by atoms with Gasteiger partial charge in [0.05, 0.1) is 32.8 Å². The molecule has 0 heterocycles. The Balaban J connectivity index is 1.93. The Kier molecular flexibility index (Phi) is 9.02. The van der Waals surface area contributed by atoms with Crippen molar-refractivity contribution in [3.8, 4) is 29.1 Å². The second-order valence-corrected chi connectivity index (χ2v) is 7.92. The lowest BCUT2D eigenvalue weighted by molar-refractivity contribution is 0.347. The van der Waals surface area contributed by atoms with E-state index in [0.717, 1.165) is 49.4 Å². The zero-order valence-corrected chi connectivity index (χ0v) is 19.2.